The Morgan fingerprint density at radius 3 is 2.75 bits per heavy atom. The lowest BCUT2D eigenvalue weighted by molar-refractivity contribution is 0.209. The van der Waals surface area contributed by atoms with E-state index in [-0.39, 0.29) is 6.03 Å². The van der Waals surface area contributed by atoms with Gasteiger partial charge in [0, 0.05) is 33.2 Å². The summed E-state index contributed by atoms with van der Waals surface area (Å²) >= 11 is 0. The Balaban J connectivity index is 2.09. The van der Waals surface area contributed by atoms with Crippen LogP contribution in [0.3, 0.4) is 0 Å². The highest BCUT2D eigenvalue weighted by molar-refractivity contribution is 5.73. The molecule has 0 saturated carbocycles. The van der Waals surface area contributed by atoms with Crippen LogP contribution in [0.15, 0.2) is 0 Å². The number of piperazine rings is 1. The summed E-state index contributed by atoms with van der Waals surface area (Å²) in [6.07, 6.45) is 0. The molecule has 0 spiro atoms. The van der Waals surface area contributed by atoms with Gasteiger partial charge in [0.05, 0.1) is 6.67 Å². The topological polar surface area (TPSA) is 56.4 Å². The highest BCUT2D eigenvalue weighted by Crippen LogP contribution is 1.88. The van der Waals surface area contributed by atoms with Crippen LogP contribution in [0.2, 0.25) is 0 Å². The second kappa shape index (κ2) is 4.95. The first-order valence-corrected chi connectivity index (χ1v) is 4.21. The molecule has 0 unspecified atom stereocenters. The van der Waals surface area contributed by atoms with Crippen LogP contribution in [0, 0.1) is 0 Å². The number of nitrogens with zero attached hydrogens (tertiary/aromatic N) is 1. The SMILES string of the molecule is CNC(=O)NCN1CCNCC1. The monoisotopic (exact) mass is 172 g/mol. The lowest BCUT2D eigenvalue weighted by atomic mass is 10.4. The van der Waals surface area contributed by atoms with E-state index in [2.05, 4.69) is 20.9 Å². The van der Waals surface area contributed by atoms with E-state index in [0.29, 0.717) is 6.67 Å². The second-order valence-corrected chi connectivity index (χ2v) is 2.78. The Bertz CT molecular complexity index is 144. The predicted octanol–water partition coefficient (Wildman–Crippen LogP) is -1.22. The molecule has 0 aromatic heterocycles. The van der Waals surface area contributed by atoms with E-state index in [4.69, 9.17) is 0 Å². The molecule has 12 heavy (non-hydrogen) atoms. The first kappa shape index (κ1) is 9.28. The number of rotatable bonds is 2. The summed E-state index contributed by atoms with van der Waals surface area (Å²) in [5.74, 6) is 0. The summed E-state index contributed by atoms with van der Waals surface area (Å²) in [6.45, 7) is 4.67. The molecule has 0 radical (unpaired) electrons. The van der Waals surface area contributed by atoms with E-state index in [1.807, 2.05) is 0 Å². The minimum absolute atomic E-state index is 0.117. The highest BCUT2D eigenvalue weighted by Gasteiger charge is 2.08. The molecule has 5 heteroatoms. The summed E-state index contributed by atoms with van der Waals surface area (Å²) in [5.41, 5.74) is 0. The van der Waals surface area contributed by atoms with Gasteiger partial charge in [-0.2, -0.15) is 0 Å². The summed E-state index contributed by atoms with van der Waals surface area (Å²) in [5, 5.41) is 8.51. The fourth-order valence-electron chi connectivity index (χ4n) is 1.14. The number of carbonyl (C=O) groups is 1. The Kier molecular flexibility index (Phi) is 3.83. The molecule has 1 aliphatic rings. The summed E-state index contributed by atoms with van der Waals surface area (Å²) < 4.78 is 0. The molecule has 0 aliphatic carbocycles. The maximum Gasteiger partial charge on any atom is 0.315 e. The van der Waals surface area contributed by atoms with Gasteiger partial charge in [0.15, 0.2) is 0 Å². The number of urea groups is 1. The van der Waals surface area contributed by atoms with Crippen molar-refractivity contribution in [2.45, 2.75) is 0 Å². The molecule has 0 aromatic rings. The maximum absolute atomic E-state index is 10.8. The van der Waals surface area contributed by atoms with Crippen molar-refractivity contribution in [2.75, 3.05) is 39.9 Å². The van der Waals surface area contributed by atoms with Crippen LogP contribution < -0.4 is 16.0 Å². The van der Waals surface area contributed by atoms with E-state index in [0.717, 1.165) is 26.2 Å². The molecular formula is C7H16N4O. The quantitative estimate of drug-likeness (QED) is 0.489. The van der Waals surface area contributed by atoms with Gasteiger partial charge in [-0.15, -0.1) is 0 Å². The van der Waals surface area contributed by atoms with E-state index >= 15 is 0 Å². The van der Waals surface area contributed by atoms with Gasteiger partial charge >= 0.3 is 6.03 Å². The van der Waals surface area contributed by atoms with Gasteiger partial charge in [-0.05, 0) is 0 Å². The lowest BCUT2D eigenvalue weighted by Crippen LogP contribution is -2.49. The number of nitrogens with one attached hydrogen (secondary N) is 3. The first-order chi connectivity index (χ1) is 5.83. The van der Waals surface area contributed by atoms with Gasteiger partial charge in [-0.1, -0.05) is 0 Å². The molecular weight excluding hydrogens is 156 g/mol. The van der Waals surface area contributed by atoms with Crippen LogP contribution >= 0.6 is 0 Å². The largest absolute Gasteiger partial charge is 0.341 e. The van der Waals surface area contributed by atoms with Crippen molar-refractivity contribution in [3.05, 3.63) is 0 Å². The predicted molar refractivity (Wildman–Crippen MR) is 46.9 cm³/mol. The van der Waals surface area contributed by atoms with E-state index in [1.54, 1.807) is 7.05 Å². The van der Waals surface area contributed by atoms with Crippen LogP contribution in [0.1, 0.15) is 0 Å². The van der Waals surface area contributed by atoms with Gasteiger partial charge in [0.1, 0.15) is 0 Å². The molecule has 0 atom stereocenters. The van der Waals surface area contributed by atoms with E-state index < -0.39 is 0 Å². The molecule has 70 valence electrons. The molecule has 5 nitrogen and oxygen atoms in total. The molecule has 2 amide bonds. The molecule has 0 bridgehead atoms. The van der Waals surface area contributed by atoms with Gasteiger partial charge < -0.3 is 16.0 Å². The van der Waals surface area contributed by atoms with Gasteiger partial charge in [-0.25, -0.2) is 4.79 Å². The standard InChI is InChI=1S/C7H16N4O/c1-8-7(12)10-6-11-4-2-9-3-5-11/h9H,2-6H2,1H3,(H2,8,10,12). The lowest BCUT2D eigenvalue weighted by Gasteiger charge is -2.26. The van der Waals surface area contributed by atoms with Crippen molar-refractivity contribution in [1.82, 2.24) is 20.9 Å². The van der Waals surface area contributed by atoms with Gasteiger partial charge in [0.25, 0.3) is 0 Å². The molecule has 1 saturated heterocycles. The molecule has 0 aromatic carbocycles. The Morgan fingerprint density at radius 2 is 2.17 bits per heavy atom. The van der Waals surface area contributed by atoms with E-state index in [1.165, 1.54) is 0 Å². The van der Waals surface area contributed by atoms with Crippen molar-refractivity contribution >= 4 is 6.03 Å². The Morgan fingerprint density at radius 1 is 1.50 bits per heavy atom. The average molecular weight is 172 g/mol. The van der Waals surface area contributed by atoms with Crippen LogP contribution in [-0.2, 0) is 0 Å². The Hall–Kier alpha value is -0.810. The van der Waals surface area contributed by atoms with Gasteiger partial charge in [0.2, 0.25) is 0 Å². The minimum atomic E-state index is -0.117. The maximum atomic E-state index is 10.8. The summed E-state index contributed by atoms with van der Waals surface area (Å²) in [6, 6.07) is -0.117. The van der Waals surface area contributed by atoms with Crippen molar-refractivity contribution in [1.29, 1.82) is 0 Å². The zero-order valence-electron chi connectivity index (χ0n) is 7.39. The van der Waals surface area contributed by atoms with Gasteiger partial charge in [-0.3, -0.25) is 4.90 Å². The molecule has 1 aliphatic heterocycles. The Labute approximate surface area is 72.5 Å². The number of hydrogen-bond donors (Lipinski definition) is 3. The molecule has 3 N–H and O–H groups in total. The van der Waals surface area contributed by atoms with Crippen molar-refractivity contribution < 1.29 is 4.79 Å². The third-order valence-electron chi connectivity index (χ3n) is 1.90. The van der Waals surface area contributed by atoms with E-state index in [9.17, 15) is 4.79 Å². The first-order valence-electron chi connectivity index (χ1n) is 4.21. The van der Waals surface area contributed by atoms with Crippen molar-refractivity contribution in [2.24, 2.45) is 0 Å². The zero-order chi connectivity index (χ0) is 8.81. The van der Waals surface area contributed by atoms with Crippen molar-refractivity contribution in [3.8, 4) is 0 Å². The third-order valence-corrected chi connectivity index (χ3v) is 1.90. The van der Waals surface area contributed by atoms with Crippen LogP contribution in [0.5, 0.6) is 0 Å². The van der Waals surface area contributed by atoms with Crippen LogP contribution in [0.25, 0.3) is 0 Å². The zero-order valence-corrected chi connectivity index (χ0v) is 7.39. The minimum Gasteiger partial charge on any atom is -0.341 e. The normalized spacial score (nSPS) is 18.8. The smallest absolute Gasteiger partial charge is 0.315 e. The summed E-state index contributed by atoms with van der Waals surface area (Å²) in [4.78, 5) is 13.0. The van der Waals surface area contributed by atoms with Crippen LogP contribution in [0.4, 0.5) is 4.79 Å². The molecule has 1 rings (SSSR count). The fourth-order valence-corrected chi connectivity index (χ4v) is 1.14. The average Bonchev–Trinajstić information content (AvgIpc) is 2.16. The number of carbonyl (C=O) groups excluding carboxylic acids is 1. The van der Waals surface area contributed by atoms with Crippen molar-refractivity contribution in [3.63, 3.8) is 0 Å². The third kappa shape index (κ3) is 3.06. The fraction of sp³-hybridized carbons (Fsp3) is 0.857. The highest BCUT2D eigenvalue weighted by atomic mass is 16.2. The second-order valence-electron chi connectivity index (χ2n) is 2.78. The number of hydrogen-bond acceptors (Lipinski definition) is 3. The number of amides is 2. The van der Waals surface area contributed by atoms with Crippen LogP contribution in [-0.4, -0.2) is 50.8 Å². The molecule has 1 fully saturated rings. The molecule has 1 heterocycles. The summed E-state index contributed by atoms with van der Waals surface area (Å²) in [7, 11) is 1.62.